The molecule has 0 saturated carbocycles. The topological polar surface area (TPSA) is 102 Å². The van der Waals surface area contributed by atoms with Crippen LogP contribution in [0, 0.1) is 5.82 Å². The fraction of sp³-hybridized carbons (Fsp3) is 0.294. The molecule has 1 aliphatic rings. The van der Waals surface area contributed by atoms with Gasteiger partial charge in [-0.15, -0.1) is 10.2 Å². The molecule has 1 saturated heterocycles. The number of hydrogen-bond donors (Lipinski definition) is 1. The second-order valence-electron chi connectivity index (χ2n) is 10.4. The van der Waals surface area contributed by atoms with Gasteiger partial charge in [0.2, 0.25) is 5.13 Å². The zero-order valence-corrected chi connectivity index (χ0v) is 26.7. The van der Waals surface area contributed by atoms with Crippen molar-refractivity contribution in [1.82, 2.24) is 10.2 Å². The van der Waals surface area contributed by atoms with Gasteiger partial charge < -0.3 is 14.6 Å². The highest BCUT2D eigenvalue weighted by Crippen LogP contribution is 2.44. The zero-order chi connectivity index (χ0) is 31.8. The summed E-state index contributed by atoms with van der Waals surface area (Å²) in [6.07, 6.45) is 3.84. The van der Waals surface area contributed by atoms with E-state index in [-0.39, 0.29) is 22.3 Å². The van der Waals surface area contributed by atoms with Crippen LogP contribution >= 0.6 is 23.1 Å². The average molecular weight is 648 g/mol. The Balaban J connectivity index is 1.48. The Kier molecular flexibility index (Phi) is 10.9. The lowest BCUT2D eigenvalue weighted by Crippen LogP contribution is -2.29. The third kappa shape index (κ3) is 7.54. The van der Waals surface area contributed by atoms with Crippen molar-refractivity contribution in [2.75, 3.05) is 18.1 Å². The molecule has 0 aliphatic carbocycles. The molecule has 5 rings (SSSR count). The van der Waals surface area contributed by atoms with Gasteiger partial charge in [0.05, 0.1) is 24.8 Å². The van der Waals surface area contributed by atoms with Gasteiger partial charge in [-0.05, 0) is 66.4 Å². The molecular weight excluding hydrogens is 614 g/mol. The van der Waals surface area contributed by atoms with Crippen LogP contribution in [0.15, 0.2) is 82.7 Å². The molecule has 1 atom stereocenters. The summed E-state index contributed by atoms with van der Waals surface area (Å²) in [5.41, 5.74) is 1.42. The van der Waals surface area contributed by atoms with Crippen molar-refractivity contribution < 1.29 is 28.6 Å². The second-order valence-corrected chi connectivity index (χ2v) is 12.6. The predicted molar refractivity (Wildman–Crippen MR) is 174 cm³/mol. The molecule has 1 aromatic heterocycles. The molecule has 1 N–H and O–H groups in total. The van der Waals surface area contributed by atoms with Crippen LogP contribution in [0.25, 0.3) is 5.76 Å². The molecule has 0 unspecified atom stereocenters. The van der Waals surface area contributed by atoms with Crippen LogP contribution < -0.4 is 14.4 Å². The number of amides is 1. The molecule has 0 radical (unpaired) electrons. The minimum atomic E-state index is -0.965. The maximum absolute atomic E-state index is 14.2. The van der Waals surface area contributed by atoms with Crippen molar-refractivity contribution in [2.45, 2.75) is 55.7 Å². The lowest BCUT2D eigenvalue weighted by Gasteiger charge is -2.22. The number of aromatic nitrogens is 2. The standard InChI is InChI=1S/C34H34FN3O5S2/c1-3-5-19-42-25-15-11-22(12-16-25)29-28(30(39)23-13-17-26(18-14-23)43-20-6-4-2)31(40)32(41)38(29)33-36-37-34(45-33)44-21-24-9-7-8-10-27(24)35/h7-18,29,39H,3-6,19-21H2,1-2H3/t29-/m0/s1. The Morgan fingerprint density at radius 2 is 1.53 bits per heavy atom. The van der Waals surface area contributed by atoms with Crippen LogP contribution in [0.4, 0.5) is 9.52 Å². The van der Waals surface area contributed by atoms with E-state index >= 15 is 0 Å². The molecule has 3 aromatic carbocycles. The Morgan fingerprint density at radius 3 is 2.16 bits per heavy atom. The number of halogens is 1. The van der Waals surface area contributed by atoms with Crippen molar-refractivity contribution in [3.05, 3.63) is 101 Å². The molecule has 1 amide bonds. The van der Waals surface area contributed by atoms with E-state index in [4.69, 9.17) is 9.47 Å². The van der Waals surface area contributed by atoms with Gasteiger partial charge in [0, 0.05) is 11.3 Å². The average Bonchev–Trinajstić information content (AvgIpc) is 3.63. The first kappa shape index (κ1) is 32.2. The van der Waals surface area contributed by atoms with Gasteiger partial charge in [-0.2, -0.15) is 0 Å². The van der Waals surface area contributed by atoms with Gasteiger partial charge in [0.15, 0.2) is 4.34 Å². The van der Waals surface area contributed by atoms with E-state index in [2.05, 4.69) is 24.0 Å². The van der Waals surface area contributed by atoms with Crippen LogP contribution in [0.1, 0.15) is 62.3 Å². The van der Waals surface area contributed by atoms with E-state index in [1.807, 2.05) is 0 Å². The highest BCUT2D eigenvalue weighted by atomic mass is 32.2. The van der Waals surface area contributed by atoms with E-state index in [0.717, 1.165) is 37.0 Å². The fourth-order valence-corrected chi connectivity index (χ4v) is 6.59. The number of Topliss-reactive ketones (excluding diaryl/α,β-unsaturated/α-hetero) is 1. The van der Waals surface area contributed by atoms with E-state index in [0.29, 0.717) is 51.5 Å². The maximum atomic E-state index is 14.2. The Bertz CT molecular complexity index is 1660. The smallest absolute Gasteiger partial charge is 0.301 e. The monoisotopic (exact) mass is 647 g/mol. The van der Waals surface area contributed by atoms with Crippen molar-refractivity contribution in [2.24, 2.45) is 0 Å². The van der Waals surface area contributed by atoms with Crippen LogP contribution in [0.5, 0.6) is 11.5 Å². The van der Waals surface area contributed by atoms with E-state index in [9.17, 15) is 19.1 Å². The fourth-order valence-electron chi connectivity index (χ4n) is 4.74. The molecule has 2 heterocycles. The summed E-state index contributed by atoms with van der Waals surface area (Å²) in [4.78, 5) is 28.4. The number of carbonyl (C=O) groups is 2. The van der Waals surface area contributed by atoms with E-state index in [1.54, 1.807) is 66.7 Å². The van der Waals surface area contributed by atoms with Crippen molar-refractivity contribution in [3.63, 3.8) is 0 Å². The number of thioether (sulfide) groups is 1. The molecular formula is C34H34FN3O5S2. The first-order valence-corrected chi connectivity index (χ1v) is 16.7. The molecule has 0 spiro atoms. The number of ketones is 1. The van der Waals surface area contributed by atoms with Crippen molar-refractivity contribution >= 4 is 45.7 Å². The SMILES string of the molecule is CCCCOc1ccc(C(O)=C2C(=O)C(=O)N(c3nnc(SCc4ccccc4F)s3)[C@H]2c2ccc(OCCCC)cc2)cc1. The third-order valence-electron chi connectivity index (χ3n) is 7.21. The summed E-state index contributed by atoms with van der Waals surface area (Å²) in [7, 11) is 0. The largest absolute Gasteiger partial charge is 0.507 e. The molecule has 4 aromatic rings. The number of anilines is 1. The van der Waals surface area contributed by atoms with Crippen LogP contribution in [-0.2, 0) is 15.3 Å². The summed E-state index contributed by atoms with van der Waals surface area (Å²) in [5, 5.41) is 20.1. The number of unbranched alkanes of at least 4 members (excludes halogenated alkanes) is 2. The Morgan fingerprint density at radius 1 is 0.911 bits per heavy atom. The number of aliphatic hydroxyl groups is 1. The normalized spacial score (nSPS) is 15.9. The minimum Gasteiger partial charge on any atom is -0.507 e. The maximum Gasteiger partial charge on any atom is 0.301 e. The summed E-state index contributed by atoms with van der Waals surface area (Å²) in [5.74, 6) is -0.659. The third-order valence-corrected chi connectivity index (χ3v) is 9.32. The molecule has 234 valence electrons. The summed E-state index contributed by atoms with van der Waals surface area (Å²) < 4.78 is 26.2. The molecule has 11 heteroatoms. The summed E-state index contributed by atoms with van der Waals surface area (Å²) in [6, 6.07) is 19.4. The Labute approximate surface area is 269 Å². The van der Waals surface area contributed by atoms with Crippen LogP contribution in [-0.4, -0.2) is 40.2 Å². The second kappa shape index (κ2) is 15.2. The first-order chi connectivity index (χ1) is 21.9. The number of benzene rings is 3. The zero-order valence-electron chi connectivity index (χ0n) is 25.1. The molecule has 0 bridgehead atoms. The van der Waals surface area contributed by atoms with Gasteiger partial charge in [0.1, 0.15) is 23.1 Å². The highest BCUT2D eigenvalue weighted by molar-refractivity contribution is 8.00. The quantitative estimate of drug-likeness (QED) is 0.0368. The molecule has 1 fully saturated rings. The number of carbonyl (C=O) groups excluding carboxylic acids is 2. The number of aliphatic hydroxyl groups excluding tert-OH is 1. The number of rotatable bonds is 14. The first-order valence-electron chi connectivity index (χ1n) is 14.9. The van der Waals surface area contributed by atoms with Gasteiger partial charge in [-0.3, -0.25) is 14.5 Å². The number of hydrogen-bond acceptors (Lipinski definition) is 9. The lowest BCUT2D eigenvalue weighted by atomic mass is 9.95. The van der Waals surface area contributed by atoms with Gasteiger partial charge in [-0.25, -0.2) is 4.39 Å². The predicted octanol–water partition coefficient (Wildman–Crippen LogP) is 7.95. The number of nitrogens with zero attached hydrogens (tertiary/aromatic N) is 3. The number of ether oxygens (including phenoxy) is 2. The van der Waals surface area contributed by atoms with Crippen molar-refractivity contribution in [3.8, 4) is 11.5 Å². The Hall–Kier alpha value is -4.22. The molecule has 8 nitrogen and oxygen atoms in total. The molecule has 1 aliphatic heterocycles. The molecule has 45 heavy (non-hydrogen) atoms. The van der Waals surface area contributed by atoms with Gasteiger partial charge in [-0.1, -0.05) is 80.1 Å². The summed E-state index contributed by atoms with van der Waals surface area (Å²) in [6.45, 7) is 5.31. The van der Waals surface area contributed by atoms with Crippen LogP contribution in [0.2, 0.25) is 0 Å². The van der Waals surface area contributed by atoms with Crippen molar-refractivity contribution in [1.29, 1.82) is 0 Å². The van der Waals surface area contributed by atoms with E-state index < -0.39 is 17.7 Å². The highest BCUT2D eigenvalue weighted by Gasteiger charge is 2.48. The lowest BCUT2D eigenvalue weighted by molar-refractivity contribution is -0.132. The van der Waals surface area contributed by atoms with E-state index in [1.165, 1.54) is 22.7 Å². The minimum absolute atomic E-state index is 0.0601. The summed E-state index contributed by atoms with van der Waals surface area (Å²) >= 11 is 2.40. The van der Waals surface area contributed by atoms with Crippen LogP contribution in [0.3, 0.4) is 0 Å². The van der Waals surface area contributed by atoms with Gasteiger partial charge in [0.25, 0.3) is 5.78 Å². The van der Waals surface area contributed by atoms with Gasteiger partial charge >= 0.3 is 5.91 Å².